The maximum absolute atomic E-state index is 11.0. The first-order valence-electron chi connectivity index (χ1n) is 3.43. The van der Waals surface area contributed by atoms with Crippen molar-refractivity contribution in [2.24, 2.45) is 0 Å². The number of carbonyl (C=O) groups excluding carboxylic acids is 1. The number of hydrogen-bond acceptors (Lipinski definition) is 3. The van der Waals surface area contributed by atoms with Crippen molar-refractivity contribution in [3.05, 3.63) is 24.4 Å². The minimum Gasteiger partial charge on any atom is -0.461 e. The van der Waals surface area contributed by atoms with Crippen molar-refractivity contribution in [3.8, 4) is 0 Å². The second-order valence-electron chi connectivity index (χ2n) is 1.79. The Bertz CT molecular complexity index is 173. The van der Waals surface area contributed by atoms with E-state index in [-0.39, 0.29) is 5.97 Å². The Morgan fingerprint density at radius 2 is 2.36 bits per heavy atom. The molecule has 0 fully saturated rings. The van der Waals surface area contributed by atoms with E-state index in [1.54, 1.807) is 20.0 Å². The van der Waals surface area contributed by atoms with Gasteiger partial charge >= 0.3 is 5.97 Å². The summed E-state index contributed by atoms with van der Waals surface area (Å²) in [5.74, 6) is -0.352. The Morgan fingerprint density at radius 3 is 2.73 bits per heavy atom. The molecule has 0 bridgehead atoms. The highest BCUT2D eigenvalue weighted by Gasteiger charge is 2.05. The number of nitrogens with one attached hydrogen (secondary N) is 1. The number of ether oxygens (including phenoxy) is 1. The molecule has 0 unspecified atom stereocenters. The maximum Gasteiger partial charge on any atom is 0.354 e. The van der Waals surface area contributed by atoms with Gasteiger partial charge in [-0.05, 0) is 13.0 Å². The van der Waals surface area contributed by atoms with Gasteiger partial charge in [0.2, 0.25) is 0 Å². The van der Waals surface area contributed by atoms with Gasteiger partial charge in [-0.25, -0.2) is 4.79 Å². The molecule has 0 amide bonds. The fraction of sp³-hybridized carbons (Fsp3) is 0.375. The smallest absolute Gasteiger partial charge is 0.354 e. The molecule has 0 atom stereocenters. The van der Waals surface area contributed by atoms with Gasteiger partial charge in [0.1, 0.15) is 5.70 Å². The van der Waals surface area contributed by atoms with Crippen LogP contribution in [-0.4, -0.2) is 19.6 Å². The molecular formula is C8H13NO2. The van der Waals surface area contributed by atoms with Crippen LogP contribution in [0.4, 0.5) is 0 Å². The Hall–Kier alpha value is -1.25. The van der Waals surface area contributed by atoms with E-state index in [9.17, 15) is 4.79 Å². The van der Waals surface area contributed by atoms with Crippen LogP contribution < -0.4 is 5.32 Å². The third-order valence-corrected chi connectivity index (χ3v) is 1.05. The molecule has 0 aromatic heterocycles. The molecule has 0 aliphatic carbocycles. The summed E-state index contributed by atoms with van der Waals surface area (Å²) >= 11 is 0. The second-order valence-corrected chi connectivity index (χ2v) is 1.79. The summed E-state index contributed by atoms with van der Waals surface area (Å²) in [6.45, 7) is 5.61. The Kier molecular flexibility index (Phi) is 4.90. The van der Waals surface area contributed by atoms with E-state index in [0.29, 0.717) is 12.3 Å². The van der Waals surface area contributed by atoms with Crippen LogP contribution in [0.2, 0.25) is 0 Å². The van der Waals surface area contributed by atoms with Gasteiger partial charge in [-0.3, -0.25) is 0 Å². The first-order valence-corrected chi connectivity index (χ1v) is 3.43. The summed E-state index contributed by atoms with van der Waals surface area (Å²) < 4.78 is 4.73. The van der Waals surface area contributed by atoms with Crippen molar-refractivity contribution in [2.75, 3.05) is 13.7 Å². The third kappa shape index (κ3) is 3.45. The number of esters is 1. The lowest BCUT2D eigenvalue weighted by Gasteiger charge is -2.03. The van der Waals surface area contributed by atoms with E-state index >= 15 is 0 Å². The summed E-state index contributed by atoms with van der Waals surface area (Å²) in [6, 6.07) is 0. The van der Waals surface area contributed by atoms with Crippen molar-refractivity contribution in [3.63, 3.8) is 0 Å². The van der Waals surface area contributed by atoms with Crippen LogP contribution in [0, 0.1) is 0 Å². The summed E-state index contributed by atoms with van der Waals surface area (Å²) in [5.41, 5.74) is 0.418. The lowest BCUT2D eigenvalue weighted by molar-refractivity contribution is -0.138. The summed E-state index contributed by atoms with van der Waals surface area (Å²) in [4.78, 5) is 11.0. The number of rotatable bonds is 4. The van der Waals surface area contributed by atoms with Gasteiger partial charge in [-0.2, -0.15) is 0 Å². The van der Waals surface area contributed by atoms with Crippen molar-refractivity contribution >= 4 is 5.97 Å². The number of carbonyl (C=O) groups is 1. The van der Waals surface area contributed by atoms with E-state index in [2.05, 4.69) is 11.9 Å². The van der Waals surface area contributed by atoms with Crippen molar-refractivity contribution in [1.29, 1.82) is 0 Å². The Morgan fingerprint density at radius 1 is 1.73 bits per heavy atom. The van der Waals surface area contributed by atoms with E-state index < -0.39 is 0 Å². The second kappa shape index (κ2) is 5.53. The van der Waals surface area contributed by atoms with E-state index in [1.807, 2.05) is 0 Å². The van der Waals surface area contributed by atoms with Crippen LogP contribution in [0.3, 0.4) is 0 Å². The molecule has 0 rings (SSSR count). The molecule has 62 valence electrons. The van der Waals surface area contributed by atoms with Gasteiger partial charge in [-0.15, -0.1) is 0 Å². The largest absolute Gasteiger partial charge is 0.461 e. The average Bonchev–Trinajstić information content (AvgIpc) is 2.00. The highest BCUT2D eigenvalue weighted by Crippen LogP contribution is 1.92. The molecule has 1 N–H and O–H groups in total. The first kappa shape index (κ1) is 9.75. The number of hydrogen-bond donors (Lipinski definition) is 1. The van der Waals surface area contributed by atoms with Crippen LogP contribution >= 0.6 is 0 Å². The molecule has 11 heavy (non-hydrogen) atoms. The van der Waals surface area contributed by atoms with Gasteiger partial charge < -0.3 is 10.1 Å². The minimum absolute atomic E-state index is 0.352. The molecule has 0 aromatic rings. The molecule has 0 aliphatic rings. The number of allylic oxidation sites excluding steroid dienone is 2. The molecule has 3 heteroatoms. The first-order chi connectivity index (χ1) is 5.26. The minimum atomic E-state index is -0.352. The molecule has 0 saturated carbocycles. The summed E-state index contributed by atoms with van der Waals surface area (Å²) in [5, 5.41) is 2.70. The van der Waals surface area contributed by atoms with Gasteiger partial charge in [0.25, 0.3) is 0 Å². The molecule has 0 aromatic carbocycles. The zero-order chi connectivity index (χ0) is 8.69. The van der Waals surface area contributed by atoms with Crippen molar-refractivity contribution in [2.45, 2.75) is 6.92 Å². The van der Waals surface area contributed by atoms with E-state index in [4.69, 9.17) is 4.74 Å². The SMILES string of the molecule is C=C/C=C(\NC)C(=O)OCC. The molecule has 0 heterocycles. The lowest BCUT2D eigenvalue weighted by atomic mass is 10.4. The normalized spacial score (nSPS) is 10.5. The maximum atomic E-state index is 11.0. The summed E-state index contributed by atoms with van der Waals surface area (Å²) in [6.07, 6.45) is 3.10. The van der Waals surface area contributed by atoms with E-state index in [1.165, 1.54) is 6.08 Å². The topological polar surface area (TPSA) is 38.3 Å². The highest BCUT2D eigenvalue weighted by molar-refractivity contribution is 5.88. The fourth-order valence-corrected chi connectivity index (χ4v) is 0.580. The van der Waals surface area contributed by atoms with Crippen molar-refractivity contribution in [1.82, 2.24) is 5.32 Å². The van der Waals surface area contributed by atoms with Gasteiger partial charge in [-0.1, -0.05) is 12.7 Å². The molecule has 0 spiro atoms. The lowest BCUT2D eigenvalue weighted by Crippen LogP contribution is -2.18. The highest BCUT2D eigenvalue weighted by atomic mass is 16.5. The van der Waals surface area contributed by atoms with Crippen LogP contribution in [0.25, 0.3) is 0 Å². The number of likely N-dealkylation sites (N-methyl/N-ethyl adjacent to an activating group) is 1. The molecule has 0 radical (unpaired) electrons. The van der Waals surface area contributed by atoms with Crippen LogP contribution in [0.5, 0.6) is 0 Å². The molecule has 0 saturated heterocycles. The Labute approximate surface area is 66.7 Å². The summed E-state index contributed by atoms with van der Waals surface area (Å²) in [7, 11) is 1.66. The Balaban J connectivity index is 4.13. The van der Waals surface area contributed by atoms with Crippen LogP contribution in [0.1, 0.15) is 6.92 Å². The quantitative estimate of drug-likeness (QED) is 0.371. The standard InChI is InChI=1S/C8H13NO2/c1-4-6-7(9-3)8(10)11-5-2/h4,6,9H,1,5H2,2-3H3/b7-6-. The zero-order valence-corrected chi connectivity index (χ0v) is 6.89. The fourth-order valence-electron chi connectivity index (χ4n) is 0.580. The third-order valence-electron chi connectivity index (χ3n) is 1.05. The average molecular weight is 155 g/mol. The predicted octanol–water partition coefficient (Wildman–Crippen LogP) is 0.839. The van der Waals surface area contributed by atoms with Crippen molar-refractivity contribution < 1.29 is 9.53 Å². The molecule has 3 nitrogen and oxygen atoms in total. The monoisotopic (exact) mass is 155 g/mol. The predicted molar refractivity (Wildman–Crippen MR) is 44.0 cm³/mol. The molecular weight excluding hydrogens is 142 g/mol. The zero-order valence-electron chi connectivity index (χ0n) is 6.89. The van der Waals surface area contributed by atoms with Crippen LogP contribution in [0.15, 0.2) is 24.4 Å². The van der Waals surface area contributed by atoms with Gasteiger partial charge in [0.15, 0.2) is 0 Å². The molecule has 0 aliphatic heterocycles. The van der Waals surface area contributed by atoms with E-state index in [0.717, 1.165) is 0 Å². The van der Waals surface area contributed by atoms with Gasteiger partial charge in [0, 0.05) is 7.05 Å². The van der Waals surface area contributed by atoms with Gasteiger partial charge in [0.05, 0.1) is 6.61 Å². The van der Waals surface area contributed by atoms with Crippen LogP contribution in [-0.2, 0) is 9.53 Å².